The summed E-state index contributed by atoms with van der Waals surface area (Å²) in [7, 11) is 3.17. The highest BCUT2D eigenvalue weighted by Gasteiger charge is 2.14. The van der Waals surface area contributed by atoms with Crippen molar-refractivity contribution in [3.8, 4) is 22.1 Å². The lowest BCUT2D eigenvalue weighted by atomic mass is 10.2. The number of carbonyl (C=O) groups excluding carboxylic acids is 1. The van der Waals surface area contributed by atoms with Crippen LogP contribution in [0.15, 0.2) is 52.3 Å². The molecule has 0 spiro atoms. The van der Waals surface area contributed by atoms with E-state index in [1.54, 1.807) is 14.2 Å². The Labute approximate surface area is 170 Å². The number of methoxy groups -OCH3 is 2. The van der Waals surface area contributed by atoms with E-state index < -0.39 is 5.97 Å². The largest absolute Gasteiger partial charge is 0.493 e. The summed E-state index contributed by atoms with van der Waals surface area (Å²) in [6.45, 7) is -0.0137. The summed E-state index contributed by atoms with van der Waals surface area (Å²) >= 11 is 1.45. The summed E-state index contributed by atoms with van der Waals surface area (Å²) in [5.41, 5.74) is 2.93. The number of nitrogens with zero attached hydrogens (tertiary/aromatic N) is 2. The molecule has 148 valence electrons. The van der Waals surface area contributed by atoms with Crippen molar-refractivity contribution in [2.45, 2.75) is 13.0 Å². The van der Waals surface area contributed by atoms with Gasteiger partial charge in [-0.05, 0) is 30.3 Å². The zero-order valence-corrected chi connectivity index (χ0v) is 16.7. The molecule has 0 unspecified atom stereocenters. The minimum absolute atomic E-state index is 0.0137. The van der Waals surface area contributed by atoms with Crippen molar-refractivity contribution in [3.63, 3.8) is 0 Å². The molecule has 7 nitrogen and oxygen atoms in total. The molecule has 0 fully saturated rings. The van der Waals surface area contributed by atoms with E-state index >= 15 is 0 Å². The first-order valence-corrected chi connectivity index (χ1v) is 9.71. The van der Waals surface area contributed by atoms with Crippen LogP contribution in [0.2, 0.25) is 0 Å². The highest BCUT2D eigenvalue weighted by molar-refractivity contribution is 7.13. The van der Waals surface area contributed by atoms with Gasteiger partial charge in [-0.3, -0.25) is 4.79 Å². The number of ether oxygens (including phenoxy) is 3. The van der Waals surface area contributed by atoms with E-state index in [0.717, 1.165) is 16.1 Å². The molecule has 0 aliphatic carbocycles. The lowest BCUT2D eigenvalue weighted by Crippen LogP contribution is -2.08. The fourth-order valence-corrected chi connectivity index (χ4v) is 3.63. The smallest absolute Gasteiger partial charge is 0.312 e. The Morgan fingerprint density at radius 2 is 1.90 bits per heavy atom. The van der Waals surface area contributed by atoms with Gasteiger partial charge in [0.1, 0.15) is 10.5 Å². The Morgan fingerprint density at radius 1 is 1.07 bits per heavy atom. The lowest BCUT2D eigenvalue weighted by Gasteiger charge is -2.08. The van der Waals surface area contributed by atoms with Crippen LogP contribution in [0.1, 0.15) is 11.6 Å². The number of thiazole rings is 1. The van der Waals surface area contributed by atoms with Crippen LogP contribution in [0.25, 0.3) is 21.7 Å². The van der Waals surface area contributed by atoms with Gasteiger partial charge in [0.2, 0.25) is 5.89 Å². The molecule has 0 radical (unpaired) electrons. The number of para-hydroxylation sites is 2. The summed E-state index contributed by atoms with van der Waals surface area (Å²) in [5.74, 6) is 1.25. The van der Waals surface area contributed by atoms with Crippen LogP contribution in [0.3, 0.4) is 0 Å². The van der Waals surface area contributed by atoms with E-state index in [2.05, 4.69) is 9.97 Å². The Morgan fingerprint density at radius 3 is 2.69 bits per heavy atom. The monoisotopic (exact) mass is 410 g/mol. The molecule has 2 aromatic carbocycles. The van der Waals surface area contributed by atoms with Gasteiger partial charge in [0.25, 0.3) is 0 Å². The van der Waals surface area contributed by atoms with Gasteiger partial charge in [-0.15, -0.1) is 11.3 Å². The second-order valence-corrected chi connectivity index (χ2v) is 6.98. The predicted molar refractivity (Wildman–Crippen MR) is 108 cm³/mol. The van der Waals surface area contributed by atoms with Crippen molar-refractivity contribution in [1.29, 1.82) is 0 Å². The SMILES string of the molecule is COc1ccc(-c2nc(CC(=O)OCc3nc4ccccc4o3)cs2)cc1OC. The van der Waals surface area contributed by atoms with Crippen molar-refractivity contribution in [1.82, 2.24) is 9.97 Å². The molecule has 0 amide bonds. The molecule has 29 heavy (non-hydrogen) atoms. The number of aromatic nitrogens is 2. The van der Waals surface area contributed by atoms with E-state index in [-0.39, 0.29) is 13.0 Å². The van der Waals surface area contributed by atoms with Crippen molar-refractivity contribution >= 4 is 28.4 Å². The molecule has 0 saturated heterocycles. The number of fused-ring (bicyclic) bond motifs is 1. The number of benzene rings is 2. The minimum Gasteiger partial charge on any atom is -0.493 e. The predicted octanol–water partition coefficient (Wildman–Crippen LogP) is 4.25. The Hall–Kier alpha value is -3.39. The number of hydrogen-bond acceptors (Lipinski definition) is 8. The molecule has 4 rings (SSSR count). The Kier molecular flexibility index (Phi) is 5.44. The van der Waals surface area contributed by atoms with Crippen molar-refractivity contribution in [2.75, 3.05) is 14.2 Å². The third-order valence-corrected chi connectivity index (χ3v) is 5.14. The van der Waals surface area contributed by atoms with Gasteiger partial charge in [-0.1, -0.05) is 12.1 Å². The molecule has 0 bridgehead atoms. The molecule has 2 aromatic heterocycles. The second-order valence-electron chi connectivity index (χ2n) is 6.13. The van der Waals surface area contributed by atoms with Crippen molar-refractivity contribution in [3.05, 3.63) is 59.4 Å². The highest BCUT2D eigenvalue weighted by Crippen LogP contribution is 2.33. The van der Waals surface area contributed by atoms with Gasteiger partial charge in [-0.2, -0.15) is 0 Å². The molecule has 8 heteroatoms. The topological polar surface area (TPSA) is 83.7 Å². The van der Waals surface area contributed by atoms with E-state index in [1.807, 2.05) is 47.8 Å². The molecular formula is C21H18N2O5S. The zero-order valence-electron chi connectivity index (χ0n) is 15.9. The van der Waals surface area contributed by atoms with E-state index in [9.17, 15) is 4.79 Å². The van der Waals surface area contributed by atoms with Gasteiger partial charge in [0, 0.05) is 10.9 Å². The third kappa shape index (κ3) is 4.22. The zero-order chi connectivity index (χ0) is 20.2. The maximum atomic E-state index is 12.2. The van der Waals surface area contributed by atoms with Gasteiger partial charge in [-0.25, -0.2) is 9.97 Å². The van der Waals surface area contributed by atoms with Gasteiger partial charge in [0.15, 0.2) is 23.7 Å². The van der Waals surface area contributed by atoms with Crippen LogP contribution in [0.5, 0.6) is 11.5 Å². The highest BCUT2D eigenvalue weighted by atomic mass is 32.1. The van der Waals surface area contributed by atoms with Crippen LogP contribution in [-0.2, 0) is 22.6 Å². The molecule has 4 aromatic rings. The first-order valence-electron chi connectivity index (χ1n) is 8.83. The van der Waals surface area contributed by atoms with Gasteiger partial charge >= 0.3 is 5.97 Å². The summed E-state index contributed by atoms with van der Waals surface area (Å²) in [6.07, 6.45) is 0.0734. The summed E-state index contributed by atoms with van der Waals surface area (Å²) in [5, 5.41) is 2.62. The van der Waals surface area contributed by atoms with Gasteiger partial charge < -0.3 is 18.6 Å². The van der Waals surface area contributed by atoms with Gasteiger partial charge in [0.05, 0.1) is 26.3 Å². The van der Waals surface area contributed by atoms with Crippen molar-refractivity contribution < 1.29 is 23.4 Å². The fraction of sp³-hybridized carbons (Fsp3) is 0.190. The average Bonchev–Trinajstić information content (AvgIpc) is 3.38. The fourth-order valence-electron chi connectivity index (χ4n) is 2.81. The van der Waals surface area contributed by atoms with Crippen LogP contribution in [-0.4, -0.2) is 30.2 Å². The van der Waals surface area contributed by atoms with E-state index in [0.29, 0.717) is 28.7 Å². The quantitative estimate of drug-likeness (QED) is 0.421. The van der Waals surface area contributed by atoms with Crippen LogP contribution in [0.4, 0.5) is 0 Å². The first kappa shape index (κ1) is 18.9. The number of hydrogen-bond donors (Lipinski definition) is 0. The number of rotatable bonds is 7. The molecule has 0 atom stereocenters. The van der Waals surface area contributed by atoms with Crippen LogP contribution < -0.4 is 9.47 Å². The summed E-state index contributed by atoms with van der Waals surface area (Å²) < 4.78 is 21.4. The normalized spacial score (nSPS) is 10.8. The molecule has 0 aliphatic heterocycles. The maximum absolute atomic E-state index is 12.2. The van der Waals surface area contributed by atoms with E-state index in [4.69, 9.17) is 18.6 Å². The molecule has 0 aliphatic rings. The molecule has 0 saturated carbocycles. The van der Waals surface area contributed by atoms with Crippen molar-refractivity contribution in [2.24, 2.45) is 0 Å². The molecular weight excluding hydrogens is 392 g/mol. The van der Waals surface area contributed by atoms with Crippen LogP contribution in [0, 0.1) is 0 Å². The standard InChI is InChI=1S/C21H18N2O5S/c1-25-17-8-7-13(9-18(17)26-2)21-22-14(12-29-21)10-20(24)27-11-19-23-15-5-3-4-6-16(15)28-19/h3-9,12H,10-11H2,1-2H3. The molecule has 0 N–H and O–H groups in total. The second kappa shape index (κ2) is 8.32. The summed E-state index contributed by atoms with van der Waals surface area (Å²) in [4.78, 5) is 21.0. The Bertz CT molecular complexity index is 1120. The third-order valence-electron chi connectivity index (χ3n) is 4.20. The number of oxazole rings is 1. The number of esters is 1. The summed E-state index contributed by atoms with van der Waals surface area (Å²) in [6, 6.07) is 13.0. The number of carbonyl (C=O) groups is 1. The molecule has 2 heterocycles. The minimum atomic E-state index is -0.392. The maximum Gasteiger partial charge on any atom is 0.312 e. The van der Waals surface area contributed by atoms with E-state index in [1.165, 1.54) is 11.3 Å². The van der Waals surface area contributed by atoms with Crippen LogP contribution >= 0.6 is 11.3 Å². The average molecular weight is 410 g/mol. The first-order chi connectivity index (χ1) is 14.2. The lowest BCUT2D eigenvalue weighted by molar-refractivity contribution is -0.144. The Balaban J connectivity index is 1.39.